The van der Waals surface area contributed by atoms with Gasteiger partial charge in [-0.2, -0.15) is 0 Å². The van der Waals surface area contributed by atoms with Crippen LogP contribution in [0.15, 0.2) is 92.6 Å². The number of halogens is 1. The number of anilines is 2. The number of benzene rings is 3. The lowest BCUT2D eigenvalue weighted by Crippen LogP contribution is -2.53. The van der Waals surface area contributed by atoms with Crippen LogP contribution in [0.4, 0.5) is 15.9 Å². The highest BCUT2D eigenvalue weighted by Crippen LogP contribution is 2.54. The average molecular weight is 507 g/mol. The fourth-order valence-corrected chi connectivity index (χ4v) is 5.57. The number of hydrogen-bond acceptors (Lipinski definition) is 6. The molecule has 1 unspecified atom stereocenters. The molecular weight excluding hydrogens is 489 g/mol. The van der Waals surface area contributed by atoms with Gasteiger partial charge in [0.05, 0.1) is 23.2 Å². The van der Waals surface area contributed by atoms with Crippen molar-refractivity contribution in [3.63, 3.8) is 0 Å². The maximum Gasteiger partial charge on any atom is 0.297 e. The summed E-state index contributed by atoms with van der Waals surface area (Å²) in [4.78, 5) is 45.3. The number of carbonyl (C=O) groups is 2. The lowest BCUT2D eigenvalue weighted by Gasteiger charge is -2.32. The number of para-hydroxylation sites is 2. The van der Waals surface area contributed by atoms with Gasteiger partial charge in [0.15, 0.2) is 16.8 Å². The van der Waals surface area contributed by atoms with Crippen molar-refractivity contribution in [2.75, 3.05) is 9.80 Å². The topological polar surface area (TPSA) is 96.9 Å². The third-order valence-corrected chi connectivity index (χ3v) is 7.16. The zero-order valence-electron chi connectivity index (χ0n) is 20.0. The Bertz CT molecular complexity index is 1880. The summed E-state index contributed by atoms with van der Waals surface area (Å²) in [7, 11) is 0. The van der Waals surface area contributed by atoms with Gasteiger partial charge in [-0.15, -0.1) is 0 Å². The first kappa shape index (κ1) is 22.2. The van der Waals surface area contributed by atoms with Gasteiger partial charge in [-0.1, -0.05) is 53.7 Å². The zero-order chi connectivity index (χ0) is 26.2. The van der Waals surface area contributed by atoms with Gasteiger partial charge in [0.1, 0.15) is 17.2 Å². The number of hydrogen-bond donors (Lipinski definition) is 0. The second-order valence-electron chi connectivity index (χ2n) is 9.28. The summed E-state index contributed by atoms with van der Waals surface area (Å²) in [5.74, 6) is -1.56. The fourth-order valence-electron chi connectivity index (χ4n) is 5.57. The van der Waals surface area contributed by atoms with Gasteiger partial charge in [0.25, 0.3) is 11.8 Å². The van der Waals surface area contributed by atoms with Crippen LogP contribution in [0.25, 0.3) is 11.0 Å². The fraction of sp³-hybridized carbons (Fsp3) is 0.103. The summed E-state index contributed by atoms with van der Waals surface area (Å²) in [5, 5.41) is 4.27. The maximum atomic E-state index is 14.7. The second kappa shape index (κ2) is 7.72. The summed E-state index contributed by atoms with van der Waals surface area (Å²) in [5.41, 5.74) is -1.20. The predicted octanol–water partition coefficient (Wildman–Crippen LogP) is 4.68. The third kappa shape index (κ3) is 2.72. The molecule has 0 N–H and O–H groups in total. The van der Waals surface area contributed by atoms with E-state index in [2.05, 4.69) is 5.16 Å². The monoisotopic (exact) mass is 507 g/mol. The van der Waals surface area contributed by atoms with Crippen LogP contribution >= 0.6 is 0 Å². The van der Waals surface area contributed by atoms with E-state index in [4.69, 9.17) is 8.94 Å². The summed E-state index contributed by atoms with van der Waals surface area (Å²) in [6.45, 7) is 1.54. The van der Waals surface area contributed by atoms with Crippen LogP contribution < -0.4 is 15.2 Å². The van der Waals surface area contributed by atoms with Crippen LogP contribution in [0, 0.1) is 12.7 Å². The Labute approximate surface area is 214 Å². The smallest absolute Gasteiger partial charge is 0.297 e. The molecule has 8 nitrogen and oxygen atoms in total. The summed E-state index contributed by atoms with van der Waals surface area (Å²) in [6, 6.07) is 21.1. The van der Waals surface area contributed by atoms with Crippen molar-refractivity contribution in [2.24, 2.45) is 0 Å². The number of amides is 2. The van der Waals surface area contributed by atoms with Crippen LogP contribution in [-0.4, -0.2) is 17.0 Å². The van der Waals surface area contributed by atoms with Gasteiger partial charge in [-0.3, -0.25) is 19.3 Å². The van der Waals surface area contributed by atoms with Crippen molar-refractivity contribution < 1.29 is 22.9 Å². The molecule has 9 heteroatoms. The van der Waals surface area contributed by atoms with E-state index < -0.39 is 28.6 Å². The van der Waals surface area contributed by atoms with Crippen LogP contribution in [0.3, 0.4) is 0 Å². The molecule has 2 aromatic heterocycles. The Morgan fingerprint density at radius 1 is 0.947 bits per heavy atom. The first-order chi connectivity index (χ1) is 18.4. The molecule has 0 radical (unpaired) electrons. The lowest BCUT2D eigenvalue weighted by atomic mass is 9.84. The van der Waals surface area contributed by atoms with E-state index in [1.807, 2.05) is 0 Å². The SMILES string of the molecule is Cc1cc(N2C(=O)c3oc4ccccc4c(=O)c3C23C(=O)N(Cc2ccccc2F)c2ccccc23)no1. The number of aryl methyl sites for hydroxylation is 1. The molecule has 0 fully saturated rings. The molecule has 1 atom stereocenters. The summed E-state index contributed by atoms with van der Waals surface area (Å²) in [6.07, 6.45) is 0. The molecular formula is C29H18FN3O5. The largest absolute Gasteiger partial charge is 0.450 e. The Morgan fingerprint density at radius 2 is 1.68 bits per heavy atom. The van der Waals surface area contributed by atoms with Crippen LogP contribution in [0.1, 0.15) is 33.0 Å². The van der Waals surface area contributed by atoms with Gasteiger partial charge < -0.3 is 13.8 Å². The van der Waals surface area contributed by atoms with E-state index in [1.165, 1.54) is 21.9 Å². The van der Waals surface area contributed by atoms with Crippen LogP contribution in [0.5, 0.6) is 0 Å². The van der Waals surface area contributed by atoms with Crippen LogP contribution in [0.2, 0.25) is 0 Å². The van der Waals surface area contributed by atoms with Crippen LogP contribution in [-0.2, 0) is 16.9 Å². The summed E-state index contributed by atoms with van der Waals surface area (Å²) < 4.78 is 26.0. The molecule has 7 rings (SSSR count). The number of carbonyl (C=O) groups excluding carboxylic acids is 2. The zero-order valence-corrected chi connectivity index (χ0v) is 20.0. The lowest BCUT2D eigenvalue weighted by molar-refractivity contribution is -0.121. The molecule has 3 aromatic carbocycles. The van der Waals surface area contributed by atoms with Gasteiger partial charge in [0, 0.05) is 17.2 Å². The molecule has 0 saturated heterocycles. The van der Waals surface area contributed by atoms with Gasteiger partial charge >= 0.3 is 0 Å². The molecule has 38 heavy (non-hydrogen) atoms. The van der Waals surface area contributed by atoms with E-state index in [9.17, 15) is 18.8 Å². The molecule has 2 amide bonds. The van der Waals surface area contributed by atoms with E-state index in [1.54, 1.807) is 73.7 Å². The molecule has 2 aliphatic rings. The van der Waals surface area contributed by atoms with Crippen molar-refractivity contribution in [1.29, 1.82) is 0 Å². The van der Waals surface area contributed by atoms with Gasteiger partial charge in [0.2, 0.25) is 5.76 Å². The molecule has 5 aromatic rings. The third-order valence-electron chi connectivity index (χ3n) is 7.16. The Balaban J connectivity index is 1.57. The highest BCUT2D eigenvalue weighted by molar-refractivity contribution is 6.24. The number of rotatable bonds is 3. The predicted molar refractivity (Wildman–Crippen MR) is 135 cm³/mol. The van der Waals surface area contributed by atoms with E-state index in [0.29, 0.717) is 17.0 Å². The number of fused-ring (bicyclic) bond motifs is 5. The first-order valence-corrected chi connectivity index (χ1v) is 11.9. The van der Waals surface area contributed by atoms with E-state index in [-0.39, 0.29) is 40.2 Å². The minimum Gasteiger partial charge on any atom is -0.450 e. The molecule has 0 bridgehead atoms. The number of aromatic nitrogens is 1. The average Bonchev–Trinajstić information content (AvgIpc) is 3.54. The molecule has 4 heterocycles. The molecule has 2 aliphatic heterocycles. The highest BCUT2D eigenvalue weighted by Gasteiger charge is 2.66. The number of nitrogens with zero attached hydrogens (tertiary/aromatic N) is 3. The molecule has 186 valence electrons. The Morgan fingerprint density at radius 3 is 2.47 bits per heavy atom. The quantitative estimate of drug-likeness (QED) is 0.352. The standard InChI is InChI=1S/C29H18FN3O5/c1-16-14-23(31-38-16)33-27(35)26-24(25(34)18-9-3-7-13-22(18)37-26)29(33)19-10-4-6-12-21(19)32(28(29)36)15-17-8-2-5-11-20(17)30/h2-14H,15H2,1H3. The van der Waals surface area contributed by atoms with Crippen molar-refractivity contribution in [3.8, 4) is 0 Å². The van der Waals surface area contributed by atoms with Gasteiger partial charge in [-0.25, -0.2) is 4.39 Å². The van der Waals surface area contributed by atoms with Crippen molar-refractivity contribution in [1.82, 2.24) is 5.16 Å². The maximum absolute atomic E-state index is 14.7. The first-order valence-electron chi connectivity index (χ1n) is 11.9. The minimum atomic E-state index is -1.93. The molecule has 0 aliphatic carbocycles. The van der Waals surface area contributed by atoms with Gasteiger partial charge in [-0.05, 0) is 31.2 Å². The summed E-state index contributed by atoms with van der Waals surface area (Å²) >= 11 is 0. The molecule has 0 saturated carbocycles. The second-order valence-corrected chi connectivity index (χ2v) is 9.28. The van der Waals surface area contributed by atoms with Crippen molar-refractivity contribution in [2.45, 2.75) is 19.0 Å². The minimum absolute atomic E-state index is 0.0539. The van der Waals surface area contributed by atoms with Crippen molar-refractivity contribution >= 4 is 34.3 Å². The van der Waals surface area contributed by atoms with E-state index >= 15 is 0 Å². The van der Waals surface area contributed by atoms with Crippen molar-refractivity contribution in [3.05, 3.63) is 123 Å². The highest BCUT2D eigenvalue weighted by atomic mass is 19.1. The van der Waals surface area contributed by atoms with E-state index in [0.717, 1.165) is 0 Å². The Kier molecular flexibility index (Phi) is 4.51. The Hall–Kier alpha value is -5.05. The normalized spacial score (nSPS) is 18.1. The molecule has 1 spiro atoms.